The summed E-state index contributed by atoms with van der Waals surface area (Å²) in [4.78, 5) is 4.80. The van der Waals surface area contributed by atoms with Crippen LogP contribution in [0.5, 0.6) is 0 Å². The summed E-state index contributed by atoms with van der Waals surface area (Å²) in [5.74, 6) is 0. The topological polar surface area (TPSA) is 58.5 Å². The molecule has 1 aromatic rings. The van der Waals surface area contributed by atoms with E-state index in [0.717, 1.165) is 51.5 Å². The molecule has 1 aromatic heterocycles. The summed E-state index contributed by atoms with van der Waals surface area (Å²) in [7, 11) is 0. The molecule has 0 spiro atoms. The van der Waals surface area contributed by atoms with E-state index in [2.05, 4.69) is 15.0 Å². The molecule has 7 heteroatoms. The van der Waals surface area contributed by atoms with Crippen LogP contribution in [-0.4, -0.2) is 54.2 Å². The van der Waals surface area contributed by atoms with Crippen LogP contribution >= 0.6 is 24.8 Å². The summed E-state index contributed by atoms with van der Waals surface area (Å²) in [5, 5.41) is 3.92. The Morgan fingerprint density at radius 1 is 1.18 bits per heavy atom. The zero-order chi connectivity index (χ0) is 10.5. The Morgan fingerprint density at radius 3 is 2.35 bits per heavy atom. The molecular formula is C10H20Cl2N4O. The van der Waals surface area contributed by atoms with E-state index in [1.165, 1.54) is 0 Å². The minimum Gasteiger partial charge on any atom is -0.364 e. The Morgan fingerprint density at radius 2 is 1.82 bits per heavy atom. The maximum Gasteiger partial charge on any atom is 0.124 e. The summed E-state index contributed by atoms with van der Waals surface area (Å²) in [6.45, 7) is 7.05. The first-order valence-electron chi connectivity index (χ1n) is 5.42. The van der Waals surface area contributed by atoms with Gasteiger partial charge in [0.05, 0.1) is 5.69 Å². The van der Waals surface area contributed by atoms with Gasteiger partial charge in [-0.05, 0) is 0 Å². The Kier molecular flexibility index (Phi) is 8.55. The molecule has 0 aromatic carbocycles. The summed E-state index contributed by atoms with van der Waals surface area (Å²) >= 11 is 0. The number of hydrogen-bond donors (Lipinski definition) is 1. The second-order valence-corrected chi connectivity index (χ2v) is 3.90. The molecule has 2 heterocycles. The number of hydrogen-bond acceptors (Lipinski definition) is 5. The zero-order valence-electron chi connectivity index (χ0n) is 9.75. The SMILES string of the molecule is Cl.Cl.NCCN1CCN(Cc2ccon2)CC1. The molecule has 1 fully saturated rings. The quantitative estimate of drug-likeness (QED) is 0.876. The molecule has 5 nitrogen and oxygen atoms in total. The Labute approximate surface area is 114 Å². The number of nitrogens with two attached hydrogens (primary N) is 1. The third-order valence-electron chi connectivity index (χ3n) is 2.79. The third-order valence-corrected chi connectivity index (χ3v) is 2.79. The van der Waals surface area contributed by atoms with Crippen molar-refractivity contribution in [2.24, 2.45) is 5.73 Å². The average molecular weight is 283 g/mol. The molecule has 17 heavy (non-hydrogen) atoms. The van der Waals surface area contributed by atoms with Gasteiger partial charge in [-0.3, -0.25) is 9.80 Å². The number of rotatable bonds is 4. The fourth-order valence-electron chi connectivity index (χ4n) is 1.90. The van der Waals surface area contributed by atoms with E-state index in [1.807, 2.05) is 6.07 Å². The highest BCUT2D eigenvalue weighted by molar-refractivity contribution is 5.85. The van der Waals surface area contributed by atoms with Crippen molar-refractivity contribution in [3.8, 4) is 0 Å². The lowest BCUT2D eigenvalue weighted by Gasteiger charge is -2.33. The lowest BCUT2D eigenvalue weighted by molar-refractivity contribution is 0.127. The first kappa shape index (κ1) is 16.7. The fraction of sp³-hybridized carbons (Fsp3) is 0.700. The Hall–Kier alpha value is -0.330. The van der Waals surface area contributed by atoms with Crippen LogP contribution < -0.4 is 5.73 Å². The smallest absolute Gasteiger partial charge is 0.124 e. The summed E-state index contributed by atoms with van der Waals surface area (Å²) < 4.78 is 4.81. The largest absolute Gasteiger partial charge is 0.364 e. The normalized spacial score (nSPS) is 17.2. The van der Waals surface area contributed by atoms with Crippen LogP contribution in [0.4, 0.5) is 0 Å². The molecule has 2 rings (SSSR count). The van der Waals surface area contributed by atoms with Gasteiger partial charge in [0, 0.05) is 51.9 Å². The average Bonchev–Trinajstić information content (AvgIpc) is 2.74. The Bertz CT molecular complexity index is 276. The lowest BCUT2D eigenvalue weighted by Crippen LogP contribution is -2.47. The van der Waals surface area contributed by atoms with Crippen molar-refractivity contribution in [1.82, 2.24) is 15.0 Å². The summed E-state index contributed by atoms with van der Waals surface area (Å²) in [6.07, 6.45) is 1.63. The van der Waals surface area contributed by atoms with Gasteiger partial charge in [0.1, 0.15) is 6.26 Å². The van der Waals surface area contributed by atoms with Crippen LogP contribution in [0.15, 0.2) is 16.9 Å². The maximum atomic E-state index is 5.53. The Balaban J connectivity index is 0.00000128. The van der Waals surface area contributed by atoms with Crippen LogP contribution in [-0.2, 0) is 6.54 Å². The molecule has 1 saturated heterocycles. The van der Waals surface area contributed by atoms with Crippen LogP contribution in [0.3, 0.4) is 0 Å². The van der Waals surface area contributed by atoms with Crippen molar-refractivity contribution >= 4 is 24.8 Å². The van der Waals surface area contributed by atoms with Crippen molar-refractivity contribution in [2.75, 3.05) is 39.3 Å². The van der Waals surface area contributed by atoms with E-state index in [0.29, 0.717) is 0 Å². The van der Waals surface area contributed by atoms with Crippen LogP contribution in [0.2, 0.25) is 0 Å². The van der Waals surface area contributed by atoms with Crippen molar-refractivity contribution < 1.29 is 4.52 Å². The standard InChI is InChI=1S/C10H18N4O.2ClH/c11-2-3-13-4-6-14(7-5-13)9-10-1-8-15-12-10;;/h1,8H,2-7,9,11H2;2*1H. The third kappa shape index (κ3) is 5.23. The molecule has 0 saturated carbocycles. The lowest BCUT2D eigenvalue weighted by atomic mass is 10.3. The van der Waals surface area contributed by atoms with E-state index >= 15 is 0 Å². The number of nitrogens with zero attached hydrogens (tertiary/aromatic N) is 3. The first-order valence-corrected chi connectivity index (χ1v) is 5.42. The minimum absolute atomic E-state index is 0. The summed E-state index contributed by atoms with van der Waals surface area (Å²) in [6, 6.07) is 1.92. The van der Waals surface area contributed by atoms with Gasteiger partial charge in [0.25, 0.3) is 0 Å². The van der Waals surface area contributed by atoms with E-state index in [9.17, 15) is 0 Å². The second-order valence-electron chi connectivity index (χ2n) is 3.90. The number of piperazine rings is 1. The molecule has 0 bridgehead atoms. The zero-order valence-corrected chi connectivity index (χ0v) is 11.4. The predicted octanol–water partition coefficient (Wildman–Crippen LogP) is 0.595. The van der Waals surface area contributed by atoms with E-state index in [4.69, 9.17) is 10.3 Å². The molecule has 0 unspecified atom stereocenters. The van der Waals surface area contributed by atoms with Crippen molar-refractivity contribution in [3.63, 3.8) is 0 Å². The molecule has 0 radical (unpaired) electrons. The second kappa shape index (κ2) is 8.72. The van der Waals surface area contributed by atoms with E-state index < -0.39 is 0 Å². The molecule has 2 N–H and O–H groups in total. The van der Waals surface area contributed by atoms with Gasteiger partial charge in [-0.25, -0.2) is 0 Å². The highest BCUT2D eigenvalue weighted by Gasteiger charge is 2.16. The van der Waals surface area contributed by atoms with E-state index in [1.54, 1.807) is 6.26 Å². The maximum absolute atomic E-state index is 5.53. The van der Waals surface area contributed by atoms with Gasteiger partial charge in [-0.2, -0.15) is 0 Å². The van der Waals surface area contributed by atoms with Crippen molar-refractivity contribution in [1.29, 1.82) is 0 Å². The number of aromatic nitrogens is 1. The molecule has 0 aliphatic carbocycles. The number of halogens is 2. The highest BCUT2D eigenvalue weighted by atomic mass is 35.5. The van der Waals surface area contributed by atoms with Crippen molar-refractivity contribution in [2.45, 2.75) is 6.54 Å². The van der Waals surface area contributed by atoms with Gasteiger partial charge in [0.2, 0.25) is 0 Å². The van der Waals surface area contributed by atoms with E-state index in [-0.39, 0.29) is 24.8 Å². The summed E-state index contributed by atoms with van der Waals surface area (Å²) in [5.41, 5.74) is 6.54. The molecule has 1 aliphatic heterocycles. The fourth-order valence-corrected chi connectivity index (χ4v) is 1.90. The molecule has 0 amide bonds. The molecular weight excluding hydrogens is 263 g/mol. The van der Waals surface area contributed by atoms with Crippen LogP contribution in [0, 0.1) is 0 Å². The molecule has 1 aliphatic rings. The van der Waals surface area contributed by atoms with Gasteiger partial charge in [0.15, 0.2) is 0 Å². The van der Waals surface area contributed by atoms with Gasteiger partial charge in [-0.15, -0.1) is 24.8 Å². The minimum atomic E-state index is 0. The van der Waals surface area contributed by atoms with Gasteiger partial charge >= 0.3 is 0 Å². The first-order chi connectivity index (χ1) is 7.38. The van der Waals surface area contributed by atoms with Crippen molar-refractivity contribution in [3.05, 3.63) is 18.0 Å². The monoisotopic (exact) mass is 282 g/mol. The van der Waals surface area contributed by atoms with Gasteiger partial charge in [-0.1, -0.05) is 5.16 Å². The van der Waals surface area contributed by atoms with Crippen LogP contribution in [0.25, 0.3) is 0 Å². The highest BCUT2D eigenvalue weighted by Crippen LogP contribution is 2.06. The van der Waals surface area contributed by atoms with Gasteiger partial charge < -0.3 is 10.3 Å². The molecule has 100 valence electrons. The molecule has 0 atom stereocenters. The van der Waals surface area contributed by atoms with Crippen LogP contribution in [0.1, 0.15) is 5.69 Å². The predicted molar refractivity (Wildman–Crippen MR) is 71.8 cm³/mol.